The van der Waals surface area contributed by atoms with Gasteiger partial charge in [-0.1, -0.05) is 0 Å². The van der Waals surface area contributed by atoms with Gasteiger partial charge in [-0.2, -0.15) is 17.5 Å². The van der Waals surface area contributed by atoms with Crippen molar-refractivity contribution in [3.63, 3.8) is 0 Å². The van der Waals surface area contributed by atoms with Crippen LogP contribution in [0.1, 0.15) is 24.2 Å². The van der Waals surface area contributed by atoms with Gasteiger partial charge in [-0.25, -0.2) is 18.4 Å². The van der Waals surface area contributed by atoms with Gasteiger partial charge in [-0.3, -0.25) is 4.79 Å². The summed E-state index contributed by atoms with van der Waals surface area (Å²) in [4.78, 5) is 23.2. The number of hydrogen-bond donors (Lipinski definition) is 0. The summed E-state index contributed by atoms with van der Waals surface area (Å²) in [6, 6.07) is 5.32. The van der Waals surface area contributed by atoms with Gasteiger partial charge in [0.15, 0.2) is 0 Å². The molecule has 1 unspecified atom stereocenters. The molecule has 1 amide bonds. The lowest BCUT2D eigenvalue weighted by Crippen LogP contribution is -2.49. The highest BCUT2D eigenvalue weighted by molar-refractivity contribution is 7.89. The first-order chi connectivity index (χ1) is 16.0. The normalized spacial score (nSPS) is 21.3. The van der Waals surface area contributed by atoms with Crippen molar-refractivity contribution in [1.82, 2.24) is 14.3 Å². The standard InChI is InChI=1S/C21H22F3N5O4S/c1-13-10-18(21(22,23)24)26-20(25-13)27-6-8-28(9-7-27)34(31,32)15-3-4-16-17(11-15)33-12-14-2-5-19(30)29(14)16/h3-4,10-11,14H,2,5-9,12H2,1H3. The highest BCUT2D eigenvalue weighted by Gasteiger charge is 2.39. The molecule has 0 aliphatic carbocycles. The Morgan fingerprint density at radius 2 is 1.82 bits per heavy atom. The number of anilines is 2. The van der Waals surface area contributed by atoms with Crippen LogP contribution in [-0.4, -0.2) is 67.4 Å². The second kappa shape index (κ2) is 8.08. The summed E-state index contributed by atoms with van der Waals surface area (Å²) < 4.78 is 72.8. The van der Waals surface area contributed by atoms with E-state index < -0.39 is 21.9 Å². The lowest BCUT2D eigenvalue weighted by molar-refractivity contribution is -0.141. The fourth-order valence-corrected chi connectivity index (χ4v) is 5.94. The monoisotopic (exact) mass is 497 g/mol. The number of rotatable bonds is 3. The first-order valence-electron chi connectivity index (χ1n) is 10.8. The molecular weight excluding hydrogens is 475 g/mol. The number of sulfonamides is 1. The van der Waals surface area contributed by atoms with Crippen LogP contribution in [0.25, 0.3) is 0 Å². The predicted molar refractivity (Wildman–Crippen MR) is 115 cm³/mol. The molecule has 9 nitrogen and oxygen atoms in total. The first kappa shape index (κ1) is 22.8. The molecule has 0 radical (unpaired) electrons. The van der Waals surface area contributed by atoms with Crippen LogP contribution in [0, 0.1) is 6.92 Å². The zero-order valence-electron chi connectivity index (χ0n) is 18.2. The Bertz CT molecular complexity index is 1250. The van der Waals surface area contributed by atoms with Crippen LogP contribution in [0.3, 0.4) is 0 Å². The van der Waals surface area contributed by atoms with Crippen molar-refractivity contribution in [3.8, 4) is 5.75 Å². The number of nitrogens with zero attached hydrogens (tertiary/aromatic N) is 5. The van der Waals surface area contributed by atoms with Gasteiger partial charge in [0.25, 0.3) is 0 Å². The average molecular weight is 497 g/mol. The number of hydrogen-bond acceptors (Lipinski definition) is 7. The molecular formula is C21H22F3N5O4S. The summed E-state index contributed by atoms with van der Waals surface area (Å²) in [5.74, 6) is 0.267. The largest absolute Gasteiger partial charge is 0.489 e. The molecule has 1 aromatic heterocycles. The molecule has 2 aromatic rings. The van der Waals surface area contributed by atoms with E-state index in [1.54, 1.807) is 15.9 Å². The Morgan fingerprint density at radius 1 is 1.09 bits per heavy atom. The number of fused-ring (bicyclic) bond motifs is 3. The predicted octanol–water partition coefficient (Wildman–Crippen LogP) is 2.20. The Labute approximate surface area is 194 Å². The van der Waals surface area contributed by atoms with Crippen molar-refractivity contribution in [2.24, 2.45) is 0 Å². The van der Waals surface area contributed by atoms with E-state index >= 15 is 0 Å². The number of carbonyl (C=O) groups is 1. The molecule has 2 saturated heterocycles. The molecule has 0 N–H and O–H groups in total. The molecule has 5 rings (SSSR count). The molecule has 13 heteroatoms. The van der Waals surface area contributed by atoms with Gasteiger partial charge in [0.05, 0.1) is 16.6 Å². The lowest BCUT2D eigenvalue weighted by Gasteiger charge is -2.35. The fourth-order valence-electron chi connectivity index (χ4n) is 4.50. The smallest absolute Gasteiger partial charge is 0.433 e. The summed E-state index contributed by atoms with van der Waals surface area (Å²) in [6.45, 7) is 2.18. The van der Waals surface area contributed by atoms with E-state index in [2.05, 4.69) is 9.97 Å². The van der Waals surface area contributed by atoms with Crippen molar-refractivity contribution in [1.29, 1.82) is 0 Å². The highest BCUT2D eigenvalue weighted by Crippen LogP contribution is 2.40. The molecule has 3 aliphatic rings. The van der Waals surface area contributed by atoms with E-state index in [9.17, 15) is 26.4 Å². The van der Waals surface area contributed by atoms with Crippen molar-refractivity contribution < 1.29 is 31.1 Å². The van der Waals surface area contributed by atoms with Gasteiger partial charge in [-0.15, -0.1) is 0 Å². The number of piperazine rings is 1. The number of halogens is 3. The van der Waals surface area contributed by atoms with Crippen LogP contribution in [0.4, 0.5) is 24.8 Å². The van der Waals surface area contributed by atoms with Gasteiger partial charge >= 0.3 is 6.18 Å². The van der Waals surface area contributed by atoms with E-state index in [-0.39, 0.29) is 54.7 Å². The molecule has 182 valence electrons. The Morgan fingerprint density at radius 3 is 2.53 bits per heavy atom. The summed E-state index contributed by atoms with van der Waals surface area (Å²) in [7, 11) is -3.87. The molecule has 0 bridgehead atoms. The highest BCUT2D eigenvalue weighted by atomic mass is 32.2. The third kappa shape index (κ3) is 3.96. The number of aromatic nitrogens is 2. The van der Waals surface area contributed by atoms with E-state index in [0.717, 1.165) is 6.07 Å². The average Bonchev–Trinajstić information content (AvgIpc) is 3.19. The summed E-state index contributed by atoms with van der Waals surface area (Å²) in [5.41, 5.74) is -0.280. The minimum atomic E-state index is -4.60. The number of carbonyl (C=O) groups excluding carboxylic acids is 1. The molecule has 3 aliphatic heterocycles. The maximum atomic E-state index is 13.2. The maximum absolute atomic E-state index is 13.2. The maximum Gasteiger partial charge on any atom is 0.433 e. The molecule has 1 aromatic carbocycles. The number of aryl methyl sites for hydroxylation is 1. The van der Waals surface area contributed by atoms with Crippen LogP contribution in [-0.2, 0) is 21.0 Å². The SMILES string of the molecule is Cc1cc(C(F)(F)F)nc(N2CCN(S(=O)(=O)c3ccc4c(c3)OCC3CCC(=O)N43)CC2)n1. The van der Waals surface area contributed by atoms with Gasteiger partial charge < -0.3 is 14.5 Å². The summed E-state index contributed by atoms with van der Waals surface area (Å²) in [6.07, 6.45) is -3.45. The molecule has 34 heavy (non-hydrogen) atoms. The van der Waals surface area contributed by atoms with Gasteiger partial charge in [0.2, 0.25) is 21.9 Å². The Balaban J connectivity index is 1.33. The van der Waals surface area contributed by atoms with Crippen LogP contribution in [0.5, 0.6) is 5.75 Å². The fraction of sp³-hybridized carbons (Fsp3) is 0.476. The van der Waals surface area contributed by atoms with E-state index in [1.807, 2.05) is 0 Å². The van der Waals surface area contributed by atoms with Gasteiger partial charge in [0.1, 0.15) is 18.1 Å². The minimum Gasteiger partial charge on any atom is -0.489 e. The number of alkyl halides is 3. The summed E-state index contributed by atoms with van der Waals surface area (Å²) >= 11 is 0. The zero-order valence-corrected chi connectivity index (χ0v) is 19.1. The topological polar surface area (TPSA) is 95.9 Å². The van der Waals surface area contributed by atoms with Crippen LogP contribution >= 0.6 is 0 Å². The van der Waals surface area contributed by atoms with Crippen molar-refractivity contribution in [2.45, 2.75) is 36.9 Å². The molecule has 0 saturated carbocycles. The number of ether oxygens (including phenoxy) is 1. The quantitative estimate of drug-likeness (QED) is 0.642. The van der Waals surface area contributed by atoms with E-state index in [0.29, 0.717) is 30.9 Å². The van der Waals surface area contributed by atoms with Gasteiger partial charge in [-0.05, 0) is 31.5 Å². The van der Waals surface area contributed by atoms with E-state index in [4.69, 9.17) is 4.74 Å². The van der Waals surface area contributed by atoms with Gasteiger partial charge in [0, 0.05) is 44.4 Å². The first-order valence-corrected chi connectivity index (χ1v) is 12.2. The third-order valence-electron chi connectivity index (χ3n) is 6.24. The second-order valence-electron chi connectivity index (χ2n) is 8.48. The van der Waals surface area contributed by atoms with Crippen molar-refractivity contribution in [2.75, 3.05) is 42.6 Å². The molecule has 2 fully saturated rings. The minimum absolute atomic E-state index is 0.00618. The number of amides is 1. The molecule has 1 atom stereocenters. The zero-order chi connectivity index (χ0) is 24.3. The van der Waals surface area contributed by atoms with Crippen molar-refractivity contribution >= 4 is 27.6 Å². The van der Waals surface area contributed by atoms with Crippen LogP contribution in [0.15, 0.2) is 29.2 Å². The second-order valence-corrected chi connectivity index (χ2v) is 10.4. The molecule has 0 spiro atoms. The Kier molecular flexibility index (Phi) is 5.43. The Hall–Kier alpha value is -2.93. The van der Waals surface area contributed by atoms with Crippen LogP contribution < -0.4 is 14.5 Å². The number of benzene rings is 1. The van der Waals surface area contributed by atoms with Crippen LogP contribution in [0.2, 0.25) is 0 Å². The molecule has 4 heterocycles. The van der Waals surface area contributed by atoms with E-state index in [1.165, 1.54) is 23.4 Å². The van der Waals surface area contributed by atoms with Crippen molar-refractivity contribution in [3.05, 3.63) is 35.7 Å². The lowest BCUT2D eigenvalue weighted by atomic mass is 10.2. The third-order valence-corrected chi connectivity index (χ3v) is 8.13. The summed E-state index contributed by atoms with van der Waals surface area (Å²) in [5, 5.41) is 0.